The van der Waals surface area contributed by atoms with Crippen LogP contribution in [0.4, 0.5) is 0 Å². The number of hydrogen-bond acceptors (Lipinski definition) is 2. The Labute approximate surface area is 110 Å². The van der Waals surface area contributed by atoms with Crippen LogP contribution in [0.25, 0.3) is 0 Å². The van der Waals surface area contributed by atoms with E-state index in [1.54, 1.807) is 4.90 Å². The van der Waals surface area contributed by atoms with Crippen molar-refractivity contribution >= 4 is 11.8 Å². The van der Waals surface area contributed by atoms with E-state index in [0.29, 0.717) is 5.92 Å². The third-order valence-corrected chi connectivity index (χ3v) is 3.54. The van der Waals surface area contributed by atoms with Crippen LogP contribution < -0.4 is 5.32 Å². The van der Waals surface area contributed by atoms with Crippen LogP contribution in [0.2, 0.25) is 0 Å². The fourth-order valence-electron chi connectivity index (χ4n) is 2.25. The first-order valence-electron chi connectivity index (χ1n) is 6.92. The molecule has 18 heavy (non-hydrogen) atoms. The molecular weight excluding hydrogens is 228 g/mol. The van der Waals surface area contributed by atoms with E-state index >= 15 is 0 Å². The second-order valence-corrected chi connectivity index (χ2v) is 6.08. The maximum absolute atomic E-state index is 12.3. The summed E-state index contributed by atoms with van der Waals surface area (Å²) in [6.07, 6.45) is 2.04. The second-order valence-electron chi connectivity index (χ2n) is 6.08. The third kappa shape index (κ3) is 3.72. The normalized spacial score (nSPS) is 22.6. The van der Waals surface area contributed by atoms with E-state index in [2.05, 4.69) is 19.2 Å². The molecule has 1 aliphatic rings. The fourth-order valence-corrected chi connectivity index (χ4v) is 2.25. The predicted octanol–water partition coefficient (Wildman–Crippen LogP) is 1.79. The fraction of sp³-hybridized carbons (Fsp3) is 0.857. The van der Waals surface area contributed by atoms with Gasteiger partial charge in [0.15, 0.2) is 0 Å². The van der Waals surface area contributed by atoms with Crippen LogP contribution in [0.1, 0.15) is 47.5 Å². The molecule has 4 heteroatoms. The highest BCUT2D eigenvalue weighted by molar-refractivity contribution is 5.95. The number of carbonyl (C=O) groups is 2. The molecule has 1 aliphatic heterocycles. The molecule has 2 amide bonds. The quantitative estimate of drug-likeness (QED) is 0.813. The van der Waals surface area contributed by atoms with Gasteiger partial charge in [-0.25, -0.2) is 0 Å². The van der Waals surface area contributed by atoms with Gasteiger partial charge in [0.1, 0.15) is 6.04 Å². The van der Waals surface area contributed by atoms with E-state index in [4.69, 9.17) is 0 Å². The van der Waals surface area contributed by atoms with Crippen molar-refractivity contribution in [3.63, 3.8) is 0 Å². The van der Waals surface area contributed by atoms with Gasteiger partial charge in [0.25, 0.3) is 0 Å². The molecular formula is C14H26N2O2. The van der Waals surface area contributed by atoms with Crippen LogP contribution in [0.5, 0.6) is 0 Å². The topological polar surface area (TPSA) is 49.4 Å². The van der Waals surface area contributed by atoms with Crippen LogP contribution >= 0.6 is 0 Å². The minimum atomic E-state index is -0.354. The summed E-state index contributed by atoms with van der Waals surface area (Å²) < 4.78 is 0. The Balaban J connectivity index is 2.68. The molecule has 1 saturated heterocycles. The molecule has 1 rings (SSSR count). The maximum atomic E-state index is 12.3. The third-order valence-electron chi connectivity index (χ3n) is 3.54. The van der Waals surface area contributed by atoms with Crippen molar-refractivity contribution in [2.75, 3.05) is 6.54 Å². The van der Waals surface area contributed by atoms with Crippen LogP contribution in [0.3, 0.4) is 0 Å². The Morgan fingerprint density at radius 1 is 1.17 bits per heavy atom. The number of carbonyl (C=O) groups excluding carboxylic acids is 2. The van der Waals surface area contributed by atoms with Crippen molar-refractivity contribution in [2.45, 2.75) is 59.5 Å². The number of nitrogens with one attached hydrogen (secondary N) is 1. The molecule has 104 valence electrons. The molecule has 1 fully saturated rings. The number of nitrogens with zero attached hydrogens (tertiary/aromatic N) is 1. The molecule has 2 atom stereocenters. The zero-order chi connectivity index (χ0) is 13.9. The Hall–Kier alpha value is -1.06. The predicted molar refractivity (Wildman–Crippen MR) is 72.0 cm³/mol. The zero-order valence-corrected chi connectivity index (χ0v) is 12.2. The summed E-state index contributed by atoms with van der Waals surface area (Å²) in [6.45, 7) is 10.5. The molecule has 4 nitrogen and oxygen atoms in total. The molecule has 0 aliphatic carbocycles. The van der Waals surface area contributed by atoms with E-state index in [-0.39, 0.29) is 36.4 Å². The average molecular weight is 254 g/mol. The number of piperazine rings is 1. The van der Waals surface area contributed by atoms with Gasteiger partial charge in [-0.2, -0.15) is 0 Å². The lowest BCUT2D eigenvalue weighted by Gasteiger charge is -2.38. The minimum Gasteiger partial charge on any atom is -0.343 e. The van der Waals surface area contributed by atoms with E-state index in [0.717, 1.165) is 12.8 Å². The lowest BCUT2D eigenvalue weighted by atomic mass is 9.97. The molecule has 0 aromatic carbocycles. The zero-order valence-electron chi connectivity index (χ0n) is 12.2. The van der Waals surface area contributed by atoms with Gasteiger partial charge >= 0.3 is 0 Å². The van der Waals surface area contributed by atoms with Gasteiger partial charge in [0.2, 0.25) is 11.8 Å². The Kier molecular flexibility index (Phi) is 5.17. The van der Waals surface area contributed by atoms with Gasteiger partial charge in [-0.1, -0.05) is 27.7 Å². The van der Waals surface area contributed by atoms with Crippen molar-refractivity contribution in [3.05, 3.63) is 0 Å². The summed E-state index contributed by atoms with van der Waals surface area (Å²) in [5.74, 6) is 0.800. The number of rotatable bonds is 5. The average Bonchev–Trinajstić information content (AvgIpc) is 2.28. The number of amides is 2. The van der Waals surface area contributed by atoms with Crippen LogP contribution in [0, 0.1) is 11.8 Å². The van der Waals surface area contributed by atoms with Gasteiger partial charge in [-0.3, -0.25) is 9.59 Å². The first-order chi connectivity index (χ1) is 8.32. The summed E-state index contributed by atoms with van der Waals surface area (Å²) in [5.41, 5.74) is 0. The molecule has 0 radical (unpaired) electrons. The summed E-state index contributed by atoms with van der Waals surface area (Å²) in [5, 5.41) is 2.79. The van der Waals surface area contributed by atoms with E-state index < -0.39 is 0 Å². The summed E-state index contributed by atoms with van der Waals surface area (Å²) in [6, 6.07) is -0.208. The molecule has 1 N–H and O–H groups in total. The van der Waals surface area contributed by atoms with Crippen LogP contribution in [-0.4, -0.2) is 35.3 Å². The SMILES string of the molecule is CC(C)CCC(C)N1CC(=O)NC(C(C)C)C1=O. The Bertz CT molecular complexity index is 313. The van der Waals surface area contributed by atoms with Gasteiger partial charge in [0, 0.05) is 6.04 Å². The van der Waals surface area contributed by atoms with Crippen molar-refractivity contribution in [1.82, 2.24) is 10.2 Å². The monoisotopic (exact) mass is 254 g/mol. The Morgan fingerprint density at radius 3 is 2.28 bits per heavy atom. The largest absolute Gasteiger partial charge is 0.343 e. The summed E-state index contributed by atoms with van der Waals surface area (Å²) in [7, 11) is 0. The Morgan fingerprint density at radius 2 is 1.78 bits per heavy atom. The van der Waals surface area contributed by atoms with Crippen molar-refractivity contribution in [3.8, 4) is 0 Å². The van der Waals surface area contributed by atoms with Gasteiger partial charge in [0.05, 0.1) is 6.54 Å². The lowest BCUT2D eigenvalue weighted by molar-refractivity contribution is -0.147. The van der Waals surface area contributed by atoms with Crippen molar-refractivity contribution in [1.29, 1.82) is 0 Å². The first kappa shape index (κ1) is 15.0. The van der Waals surface area contributed by atoms with Crippen molar-refractivity contribution in [2.24, 2.45) is 11.8 Å². The van der Waals surface area contributed by atoms with Crippen LogP contribution in [0.15, 0.2) is 0 Å². The number of hydrogen-bond donors (Lipinski definition) is 1. The maximum Gasteiger partial charge on any atom is 0.246 e. The van der Waals surface area contributed by atoms with E-state index in [1.807, 2.05) is 20.8 Å². The smallest absolute Gasteiger partial charge is 0.246 e. The van der Waals surface area contributed by atoms with Crippen LogP contribution in [-0.2, 0) is 9.59 Å². The molecule has 0 spiro atoms. The molecule has 0 aromatic heterocycles. The molecule has 0 bridgehead atoms. The molecule has 0 saturated carbocycles. The highest BCUT2D eigenvalue weighted by atomic mass is 16.2. The summed E-state index contributed by atoms with van der Waals surface area (Å²) >= 11 is 0. The van der Waals surface area contributed by atoms with E-state index in [1.165, 1.54) is 0 Å². The minimum absolute atomic E-state index is 0.0373. The first-order valence-corrected chi connectivity index (χ1v) is 6.92. The van der Waals surface area contributed by atoms with Gasteiger partial charge < -0.3 is 10.2 Å². The molecule has 1 heterocycles. The summed E-state index contributed by atoms with van der Waals surface area (Å²) in [4.78, 5) is 25.7. The standard InChI is InChI=1S/C14H26N2O2/c1-9(2)6-7-11(5)16-8-12(17)15-13(10(3)4)14(16)18/h9-11,13H,6-8H2,1-5H3,(H,15,17). The van der Waals surface area contributed by atoms with Crippen molar-refractivity contribution < 1.29 is 9.59 Å². The lowest BCUT2D eigenvalue weighted by Crippen LogP contribution is -2.61. The highest BCUT2D eigenvalue weighted by Gasteiger charge is 2.36. The van der Waals surface area contributed by atoms with Gasteiger partial charge in [-0.15, -0.1) is 0 Å². The molecule has 0 aromatic rings. The molecule has 2 unspecified atom stereocenters. The second kappa shape index (κ2) is 6.21. The van der Waals surface area contributed by atoms with Gasteiger partial charge in [-0.05, 0) is 31.6 Å². The highest BCUT2D eigenvalue weighted by Crippen LogP contribution is 2.17. The van der Waals surface area contributed by atoms with E-state index in [9.17, 15) is 9.59 Å².